The van der Waals surface area contributed by atoms with E-state index in [0.29, 0.717) is 18.4 Å². The summed E-state index contributed by atoms with van der Waals surface area (Å²) in [6.45, 7) is 6.84. The summed E-state index contributed by atoms with van der Waals surface area (Å²) in [4.78, 5) is 35.0. The number of benzene rings is 1. The molecule has 9 nitrogen and oxygen atoms in total. The van der Waals surface area contributed by atoms with E-state index in [1.54, 1.807) is 0 Å². The minimum Gasteiger partial charge on any atom is -0.473 e. The minimum absolute atomic E-state index is 0.0964. The SMILES string of the molecule is COC(=O)CCC1CN(Cc2ccccc2)CCC1N1CCOCC1.O=C(O)C(=O)O. The third-order valence-corrected chi connectivity index (χ3v) is 5.67. The van der Waals surface area contributed by atoms with Crippen LogP contribution in [0.1, 0.15) is 24.8 Å². The number of methoxy groups -OCH3 is 1. The van der Waals surface area contributed by atoms with Crippen molar-refractivity contribution in [3.05, 3.63) is 35.9 Å². The van der Waals surface area contributed by atoms with Gasteiger partial charge in [-0.2, -0.15) is 0 Å². The lowest BCUT2D eigenvalue weighted by atomic mass is 9.86. The van der Waals surface area contributed by atoms with Crippen molar-refractivity contribution in [1.82, 2.24) is 9.80 Å². The fourth-order valence-electron chi connectivity index (χ4n) is 4.16. The molecule has 31 heavy (non-hydrogen) atoms. The molecule has 2 aliphatic rings. The van der Waals surface area contributed by atoms with Gasteiger partial charge >= 0.3 is 17.9 Å². The maximum Gasteiger partial charge on any atom is 0.414 e. The van der Waals surface area contributed by atoms with Gasteiger partial charge in [0.2, 0.25) is 0 Å². The van der Waals surface area contributed by atoms with Gasteiger partial charge in [-0.05, 0) is 30.9 Å². The smallest absolute Gasteiger partial charge is 0.414 e. The first-order valence-corrected chi connectivity index (χ1v) is 10.5. The van der Waals surface area contributed by atoms with Crippen LogP contribution in [0.4, 0.5) is 0 Å². The minimum atomic E-state index is -1.82. The molecule has 1 aromatic carbocycles. The molecule has 0 aliphatic carbocycles. The number of carbonyl (C=O) groups is 3. The van der Waals surface area contributed by atoms with Crippen molar-refractivity contribution in [1.29, 1.82) is 0 Å². The molecule has 0 bridgehead atoms. The lowest BCUT2D eigenvalue weighted by molar-refractivity contribution is -0.159. The summed E-state index contributed by atoms with van der Waals surface area (Å²) < 4.78 is 10.4. The monoisotopic (exact) mass is 436 g/mol. The third kappa shape index (κ3) is 8.64. The predicted octanol–water partition coefficient (Wildman–Crippen LogP) is 1.32. The first-order chi connectivity index (χ1) is 14.9. The van der Waals surface area contributed by atoms with Crippen LogP contribution >= 0.6 is 0 Å². The Bertz CT molecular complexity index is 695. The molecule has 2 fully saturated rings. The molecule has 0 aromatic heterocycles. The molecule has 2 saturated heterocycles. The van der Waals surface area contributed by atoms with Crippen molar-refractivity contribution >= 4 is 17.9 Å². The number of piperidine rings is 1. The Labute approximate surface area is 182 Å². The zero-order valence-electron chi connectivity index (χ0n) is 17.9. The molecule has 0 radical (unpaired) electrons. The zero-order valence-corrected chi connectivity index (χ0v) is 17.9. The van der Waals surface area contributed by atoms with Gasteiger partial charge in [-0.1, -0.05) is 30.3 Å². The molecule has 0 spiro atoms. The molecular formula is C22H32N2O7. The number of likely N-dealkylation sites (tertiary alicyclic amines) is 1. The Hall–Kier alpha value is -2.49. The number of hydrogen-bond acceptors (Lipinski definition) is 7. The largest absolute Gasteiger partial charge is 0.473 e. The first-order valence-electron chi connectivity index (χ1n) is 10.5. The molecule has 172 valence electrons. The lowest BCUT2D eigenvalue weighted by Gasteiger charge is -2.45. The van der Waals surface area contributed by atoms with Crippen LogP contribution in [-0.2, 0) is 30.4 Å². The van der Waals surface area contributed by atoms with Crippen LogP contribution in [0.3, 0.4) is 0 Å². The van der Waals surface area contributed by atoms with Gasteiger partial charge in [-0.25, -0.2) is 9.59 Å². The third-order valence-electron chi connectivity index (χ3n) is 5.67. The molecule has 9 heteroatoms. The standard InChI is InChI=1S/C20H30N2O3.C2H2O4/c1-24-20(23)8-7-18-16-21(15-17-5-3-2-4-6-17)10-9-19(18)22-11-13-25-14-12-22;3-1(4)2(5)6/h2-6,18-19H,7-16H2,1H3;(H,3,4)(H,5,6). The molecule has 3 rings (SSSR count). The van der Waals surface area contributed by atoms with E-state index in [9.17, 15) is 4.79 Å². The van der Waals surface area contributed by atoms with Crippen LogP contribution in [0.15, 0.2) is 30.3 Å². The Morgan fingerprint density at radius 1 is 1.06 bits per heavy atom. The van der Waals surface area contributed by atoms with Crippen LogP contribution in [0, 0.1) is 5.92 Å². The van der Waals surface area contributed by atoms with E-state index >= 15 is 0 Å². The summed E-state index contributed by atoms with van der Waals surface area (Å²) in [5.41, 5.74) is 1.36. The highest BCUT2D eigenvalue weighted by molar-refractivity contribution is 6.27. The molecule has 1 aromatic rings. The zero-order chi connectivity index (χ0) is 22.6. The van der Waals surface area contributed by atoms with Crippen LogP contribution in [-0.4, -0.2) is 90.5 Å². The number of hydrogen-bond donors (Lipinski definition) is 2. The number of carbonyl (C=O) groups excluding carboxylic acids is 1. The van der Waals surface area contributed by atoms with Gasteiger partial charge in [0.05, 0.1) is 20.3 Å². The van der Waals surface area contributed by atoms with Gasteiger partial charge < -0.3 is 19.7 Å². The van der Waals surface area contributed by atoms with Crippen molar-refractivity contribution in [3.63, 3.8) is 0 Å². The maximum absolute atomic E-state index is 11.6. The summed E-state index contributed by atoms with van der Waals surface area (Å²) in [7, 11) is 1.48. The van der Waals surface area contributed by atoms with Gasteiger partial charge in [0.1, 0.15) is 0 Å². The summed E-state index contributed by atoms with van der Waals surface area (Å²) >= 11 is 0. The first kappa shape index (κ1) is 24.8. The van der Waals surface area contributed by atoms with Crippen molar-refractivity contribution in [2.24, 2.45) is 5.92 Å². The number of carboxylic acid groups (broad SMARTS) is 2. The average molecular weight is 437 g/mol. The van der Waals surface area contributed by atoms with Crippen molar-refractivity contribution in [3.8, 4) is 0 Å². The Morgan fingerprint density at radius 3 is 2.29 bits per heavy atom. The molecular weight excluding hydrogens is 404 g/mol. The van der Waals surface area contributed by atoms with E-state index in [-0.39, 0.29) is 5.97 Å². The quantitative estimate of drug-likeness (QED) is 0.503. The molecule has 2 unspecified atom stereocenters. The second kappa shape index (κ2) is 13.0. The van der Waals surface area contributed by atoms with Crippen molar-refractivity contribution in [2.75, 3.05) is 46.5 Å². The fraction of sp³-hybridized carbons (Fsp3) is 0.591. The fourth-order valence-corrected chi connectivity index (χ4v) is 4.16. The number of aliphatic carboxylic acids is 2. The second-order valence-electron chi connectivity index (χ2n) is 7.71. The topological polar surface area (TPSA) is 117 Å². The highest BCUT2D eigenvalue weighted by atomic mass is 16.5. The van der Waals surface area contributed by atoms with Crippen LogP contribution < -0.4 is 0 Å². The van der Waals surface area contributed by atoms with Gasteiger partial charge in [-0.15, -0.1) is 0 Å². The number of carboxylic acids is 2. The van der Waals surface area contributed by atoms with E-state index in [1.165, 1.54) is 19.1 Å². The van der Waals surface area contributed by atoms with Crippen LogP contribution in [0.25, 0.3) is 0 Å². The second-order valence-corrected chi connectivity index (χ2v) is 7.71. The van der Waals surface area contributed by atoms with E-state index in [1.807, 2.05) is 0 Å². The predicted molar refractivity (Wildman–Crippen MR) is 113 cm³/mol. The maximum atomic E-state index is 11.6. The van der Waals surface area contributed by atoms with E-state index < -0.39 is 11.9 Å². The van der Waals surface area contributed by atoms with Gasteiger partial charge in [0, 0.05) is 38.6 Å². The Morgan fingerprint density at radius 2 is 1.71 bits per heavy atom. The highest BCUT2D eigenvalue weighted by Gasteiger charge is 2.34. The molecule has 2 heterocycles. The van der Waals surface area contributed by atoms with Crippen LogP contribution in [0.5, 0.6) is 0 Å². The van der Waals surface area contributed by atoms with Crippen molar-refractivity contribution in [2.45, 2.75) is 31.8 Å². The van der Waals surface area contributed by atoms with E-state index in [2.05, 4.69) is 40.1 Å². The Balaban J connectivity index is 0.000000501. The number of morpholine rings is 1. The molecule has 2 aliphatic heterocycles. The molecule has 2 atom stereocenters. The normalized spacial score (nSPS) is 22.1. The number of ether oxygens (including phenoxy) is 2. The van der Waals surface area contributed by atoms with Crippen LogP contribution in [0.2, 0.25) is 0 Å². The van der Waals surface area contributed by atoms with E-state index in [0.717, 1.165) is 52.4 Å². The van der Waals surface area contributed by atoms with Gasteiger partial charge in [-0.3, -0.25) is 14.6 Å². The lowest BCUT2D eigenvalue weighted by Crippen LogP contribution is -2.53. The number of esters is 1. The summed E-state index contributed by atoms with van der Waals surface area (Å²) in [6, 6.07) is 11.2. The summed E-state index contributed by atoms with van der Waals surface area (Å²) in [6.07, 6.45) is 2.58. The van der Waals surface area contributed by atoms with E-state index in [4.69, 9.17) is 29.3 Å². The Kier molecular flexibility index (Phi) is 10.4. The number of rotatable bonds is 6. The summed E-state index contributed by atoms with van der Waals surface area (Å²) in [5.74, 6) is -3.24. The summed E-state index contributed by atoms with van der Waals surface area (Å²) in [5, 5.41) is 14.8. The molecule has 2 N–H and O–H groups in total. The number of nitrogens with zero attached hydrogens (tertiary/aromatic N) is 2. The van der Waals surface area contributed by atoms with Crippen molar-refractivity contribution < 1.29 is 34.1 Å². The van der Waals surface area contributed by atoms with Gasteiger partial charge in [0.25, 0.3) is 0 Å². The van der Waals surface area contributed by atoms with Gasteiger partial charge in [0.15, 0.2) is 0 Å². The molecule has 0 saturated carbocycles. The average Bonchev–Trinajstić information content (AvgIpc) is 2.79. The molecule has 0 amide bonds. The highest BCUT2D eigenvalue weighted by Crippen LogP contribution is 2.28.